The highest BCUT2D eigenvalue weighted by atomic mass is 79.9. The molecule has 1 aromatic rings. The van der Waals surface area contributed by atoms with Crippen LogP contribution in [0.3, 0.4) is 0 Å². The summed E-state index contributed by atoms with van der Waals surface area (Å²) in [6.45, 7) is 0.552. The third kappa shape index (κ3) is 1.75. The first-order chi connectivity index (χ1) is 6.27. The topological polar surface area (TPSA) is 26.3 Å². The van der Waals surface area contributed by atoms with Crippen LogP contribution in [0.2, 0.25) is 0 Å². The lowest BCUT2D eigenvalue weighted by atomic mass is 9.98. The van der Waals surface area contributed by atoms with Crippen LogP contribution in [0.25, 0.3) is 0 Å². The number of hydrogen-bond donors (Lipinski definition) is 0. The molecule has 0 aromatic heterocycles. The first-order valence-electron chi connectivity index (χ1n) is 4.19. The van der Waals surface area contributed by atoms with Crippen LogP contribution < -0.4 is 0 Å². The Balaban J connectivity index is 2.29. The van der Waals surface area contributed by atoms with E-state index in [-0.39, 0.29) is 11.9 Å². The van der Waals surface area contributed by atoms with E-state index >= 15 is 0 Å². The van der Waals surface area contributed by atoms with Crippen LogP contribution in [-0.2, 0) is 9.53 Å². The van der Waals surface area contributed by atoms with E-state index in [1.165, 1.54) is 0 Å². The lowest BCUT2D eigenvalue weighted by molar-refractivity contribution is -0.139. The second kappa shape index (κ2) is 3.50. The molecule has 1 aliphatic rings. The molecule has 1 saturated heterocycles. The molecule has 0 amide bonds. The minimum Gasteiger partial charge on any atom is -0.465 e. The summed E-state index contributed by atoms with van der Waals surface area (Å²) >= 11 is 3.38. The standard InChI is InChI=1S/C10H9BrO2/c11-8-3-1-2-7(6-8)9-4-5-13-10(9)12/h1-3,6,9H,4-5H2. The van der Waals surface area contributed by atoms with Crippen molar-refractivity contribution < 1.29 is 9.53 Å². The molecule has 1 heterocycles. The molecule has 0 bridgehead atoms. The minimum atomic E-state index is -0.0990. The largest absolute Gasteiger partial charge is 0.465 e. The number of cyclic esters (lactones) is 1. The summed E-state index contributed by atoms with van der Waals surface area (Å²) in [6, 6.07) is 7.81. The fourth-order valence-corrected chi connectivity index (χ4v) is 1.94. The van der Waals surface area contributed by atoms with E-state index in [2.05, 4.69) is 15.9 Å². The van der Waals surface area contributed by atoms with E-state index in [1.54, 1.807) is 0 Å². The number of benzene rings is 1. The molecule has 0 aliphatic carbocycles. The van der Waals surface area contributed by atoms with E-state index in [1.807, 2.05) is 24.3 Å². The van der Waals surface area contributed by atoms with Gasteiger partial charge in [0.15, 0.2) is 0 Å². The van der Waals surface area contributed by atoms with Gasteiger partial charge in [0.1, 0.15) is 0 Å². The quantitative estimate of drug-likeness (QED) is 0.706. The van der Waals surface area contributed by atoms with Crippen molar-refractivity contribution in [2.24, 2.45) is 0 Å². The summed E-state index contributed by atoms with van der Waals surface area (Å²) in [5, 5.41) is 0. The van der Waals surface area contributed by atoms with Crippen LogP contribution in [0.1, 0.15) is 17.9 Å². The molecule has 2 rings (SSSR count). The smallest absolute Gasteiger partial charge is 0.313 e. The Hall–Kier alpha value is -0.830. The summed E-state index contributed by atoms with van der Waals surface area (Å²) in [7, 11) is 0. The number of ether oxygens (including phenoxy) is 1. The van der Waals surface area contributed by atoms with Gasteiger partial charge in [0, 0.05) is 4.47 Å². The number of carbonyl (C=O) groups is 1. The predicted octanol–water partition coefficient (Wildman–Crippen LogP) is 2.48. The van der Waals surface area contributed by atoms with E-state index in [4.69, 9.17) is 4.74 Å². The maximum atomic E-state index is 11.2. The van der Waals surface area contributed by atoms with Gasteiger partial charge in [0.25, 0.3) is 0 Å². The van der Waals surface area contributed by atoms with Gasteiger partial charge in [-0.3, -0.25) is 4.79 Å². The van der Waals surface area contributed by atoms with Gasteiger partial charge in [-0.15, -0.1) is 0 Å². The SMILES string of the molecule is O=C1OCCC1c1cccc(Br)c1. The molecule has 1 atom stereocenters. The fraction of sp³-hybridized carbons (Fsp3) is 0.300. The summed E-state index contributed by atoms with van der Waals surface area (Å²) in [5.41, 5.74) is 1.04. The van der Waals surface area contributed by atoms with Crippen molar-refractivity contribution in [2.75, 3.05) is 6.61 Å². The van der Waals surface area contributed by atoms with Crippen molar-refractivity contribution in [1.82, 2.24) is 0 Å². The number of esters is 1. The Kier molecular flexibility index (Phi) is 2.36. The van der Waals surface area contributed by atoms with Crippen LogP contribution in [0.5, 0.6) is 0 Å². The number of rotatable bonds is 1. The number of carbonyl (C=O) groups excluding carboxylic acids is 1. The highest BCUT2D eigenvalue weighted by Crippen LogP contribution is 2.27. The second-order valence-corrected chi connectivity index (χ2v) is 3.98. The minimum absolute atomic E-state index is 0.0579. The van der Waals surface area contributed by atoms with Crippen molar-refractivity contribution in [3.05, 3.63) is 34.3 Å². The van der Waals surface area contributed by atoms with Crippen LogP contribution in [0, 0.1) is 0 Å². The molecule has 1 unspecified atom stereocenters. The first kappa shape index (κ1) is 8.75. The monoisotopic (exact) mass is 240 g/mol. The predicted molar refractivity (Wildman–Crippen MR) is 52.5 cm³/mol. The van der Waals surface area contributed by atoms with Crippen LogP contribution in [-0.4, -0.2) is 12.6 Å². The maximum absolute atomic E-state index is 11.2. The molecule has 1 aromatic carbocycles. The summed E-state index contributed by atoms with van der Waals surface area (Å²) in [6.07, 6.45) is 0.801. The van der Waals surface area contributed by atoms with E-state index in [0.717, 1.165) is 16.5 Å². The molecular weight excluding hydrogens is 232 g/mol. The van der Waals surface area contributed by atoms with Gasteiger partial charge < -0.3 is 4.74 Å². The van der Waals surface area contributed by atoms with Crippen molar-refractivity contribution in [2.45, 2.75) is 12.3 Å². The highest BCUT2D eigenvalue weighted by molar-refractivity contribution is 9.10. The van der Waals surface area contributed by atoms with Crippen molar-refractivity contribution in [1.29, 1.82) is 0 Å². The first-order valence-corrected chi connectivity index (χ1v) is 4.99. The lowest BCUT2D eigenvalue weighted by Gasteiger charge is -2.05. The van der Waals surface area contributed by atoms with Crippen LogP contribution >= 0.6 is 15.9 Å². The fourth-order valence-electron chi connectivity index (χ4n) is 1.52. The average Bonchev–Trinajstić information content (AvgIpc) is 2.51. The Morgan fingerprint density at radius 1 is 1.46 bits per heavy atom. The van der Waals surface area contributed by atoms with Crippen molar-refractivity contribution in [3.63, 3.8) is 0 Å². The van der Waals surface area contributed by atoms with E-state index in [9.17, 15) is 4.79 Å². The molecule has 13 heavy (non-hydrogen) atoms. The van der Waals surface area contributed by atoms with Gasteiger partial charge >= 0.3 is 5.97 Å². The number of halogens is 1. The molecule has 3 heteroatoms. The van der Waals surface area contributed by atoms with Crippen molar-refractivity contribution in [3.8, 4) is 0 Å². The Bertz CT molecular complexity index is 335. The van der Waals surface area contributed by atoms with Gasteiger partial charge in [0.05, 0.1) is 12.5 Å². The molecule has 0 saturated carbocycles. The Morgan fingerprint density at radius 2 is 2.31 bits per heavy atom. The van der Waals surface area contributed by atoms with E-state index < -0.39 is 0 Å². The molecule has 1 fully saturated rings. The zero-order valence-corrected chi connectivity index (χ0v) is 8.58. The summed E-state index contributed by atoms with van der Waals surface area (Å²) in [4.78, 5) is 11.2. The van der Waals surface area contributed by atoms with E-state index in [0.29, 0.717) is 6.61 Å². The van der Waals surface area contributed by atoms with Crippen LogP contribution in [0.15, 0.2) is 28.7 Å². The van der Waals surface area contributed by atoms with Gasteiger partial charge in [-0.2, -0.15) is 0 Å². The normalized spacial score (nSPS) is 21.6. The third-order valence-electron chi connectivity index (χ3n) is 2.19. The molecule has 1 aliphatic heterocycles. The Labute approximate surface area is 85.0 Å². The Morgan fingerprint density at radius 3 is 2.92 bits per heavy atom. The van der Waals surface area contributed by atoms with Gasteiger partial charge in [-0.1, -0.05) is 28.1 Å². The summed E-state index contributed by atoms with van der Waals surface area (Å²) < 4.78 is 5.91. The second-order valence-electron chi connectivity index (χ2n) is 3.06. The zero-order chi connectivity index (χ0) is 9.26. The summed E-state index contributed by atoms with van der Waals surface area (Å²) in [5.74, 6) is -0.157. The lowest BCUT2D eigenvalue weighted by Crippen LogP contribution is -2.05. The van der Waals surface area contributed by atoms with Gasteiger partial charge in [-0.05, 0) is 24.1 Å². The molecule has 0 N–H and O–H groups in total. The average molecular weight is 241 g/mol. The van der Waals surface area contributed by atoms with Gasteiger partial charge in [0.2, 0.25) is 0 Å². The number of hydrogen-bond acceptors (Lipinski definition) is 2. The van der Waals surface area contributed by atoms with Crippen molar-refractivity contribution >= 4 is 21.9 Å². The molecular formula is C10H9BrO2. The third-order valence-corrected chi connectivity index (χ3v) is 2.68. The molecule has 68 valence electrons. The highest BCUT2D eigenvalue weighted by Gasteiger charge is 2.27. The maximum Gasteiger partial charge on any atom is 0.313 e. The molecule has 2 nitrogen and oxygen atoms in total. The zero-order valence-electron chi connectivity index (χ0n) is 7.00. The van der Waals surface area contributed by atoms with Gasteiger partial charge in [-0.25, -0.2) is 0 Å². The molecule has 0 spiro atoms. The molecule has 0 radical (unpaired) electrons. The van der Waals surface area contributed by atoms with Crippen LogP contribution in [0.4, 0.5) is 0 Å².